The zero-order valence-electron chi connectivity index (χ0n) is 13.0. The van der Waals surface area contributed by atoms with E-state index in [2.05, 4.69) is 38.4 Å². The first-order valence-corrected chi connectivity index (χ1v) is 8.05. The Hall–Kier alpha value is -2.37. The fraction of sp³-hybridized carbons (Fsp3) is 0.278. The highest BCUT2D eigenvalue weighted by Crippen LogP contribution is 2.22. The van der Waals surface area contributed by atoms with Crippen LogP contribution in [0.15, 0.2) is 42.5 Å². The van der Waals surface area contributed by atoms with E-state index in [-0.39, 0.29) is 0 Å². The van der Waals surface area contributed by atoms with Crippen molar-refractivity contribution < 1.29 is 0 Å². The Bertz CT molecular complexity index is 800. The monoisotopic (exact) mass is 307 g/mol. The molecule has 23 heavy (non-hydrogen) atoms. The van der Waals surface area contributed by atoms with Gasteiger partial charge in [0.25, 0.3) is 0 Å². The van der Waals surface area contributed by atoms with E-state index in [1.165, 1.54) is 5.56 Å². The number of imidazole rings is 1. The molecular formula is C18H21N5. The lowest BCUT2D eigenvalue weighted by Crippen LogP contribution is -2.42. The molecule has 118 valence electrons. The number of fused-ring (bicyclic) bond motifs is 1. The highest BCUT2D eigenvalue weighted by Gasteiger charge is 2.11. The topological polar surface area (TPSA) is 70.0 Å². The van der Waals surface area contributed by atoms with Gasteiger partial charge in [0, 0.05) is 44.0 Å². The van der Waals surface area contributed by atoms with Gasteiger partial charge in [0.05, 0.1) is 11.0 Å². The first-order valence-electron chi connectivity index (χ1n) is 8.05. The van der Waals surface area contributed by atoms with Gasteiger partial charge >= 0.3 is 0 Å². The number of piperazine rings is 1. The second kappa shape index (κ2) is 6.02. The van der Waals surface area contributed by atoms with E-state index in [1.807, 2.05) is 24.3 Å². The number of nitrogens with zero attached hydrogens (tertiary/aromatic N) is 2. The smallest absolute Gasteiger partial charge is 0.138 e. The second-order valence-corrected chi connectivity index (χ2v) is 6.09. The van der Waals surface area contributed by atoms with E-state index in [4.69, 9.17) is 5.73 Å². The molecule has 1 aliphatic heterocycles. The molecule has 1 fully saturated rings. The van der Waals surface area contributed by atoms with E-state index in [9.17, 15) is 0 Å². The predicted molar refractivity (Wildman–Crippen MR) is 94.1 cm³/mol. The first-order chi connectivity index (χ1) is 11.3. The van der Waals surface area contributed by atoms with Gasteiger partial charge in [-0.2, -0.15) is 0 Å². The molecule has 0 amide bonds. The Morgan fingerprint density at radius 3 is 2.61 bits per heavy atom. The van der Waals surface area contributed by atoms with Crippen molar-refractivity contribution in [2.75, 3.05) is 31.9 Å². The number of benzene rings is 2. The van der Waals surface area contributed by atoms with Gasteiger partial charge in [-0.15, -0.1) is 0 Å². The molecule has 2 aromatic carbocycles. The molecule has 5 nitrogen and oxygen atoms in total. The molecule has 1 saturated heterocycles. The Balaban J connectivity index is 1.60. The van der Waals surface area contributed by atoms with E-state index < -0.39 is 0 Å². The van der Waals surface area contributed by atoms with Crippen LogP contribution in [0.1, 0.15) is 5.56 Å². The van der Waals surface area contributed by atoms with Crippen molar-refractivity contribution in [2.24, 2.45) is 0 Å². The minimum atomic E-state index is 0.767. The summed E-state index contributed by atoms with van der Waals surface area (Å²) >= 11 is 0. The van der Waals surface area contributed by atoms with Crippen LogP contribution in [0.2, 0.25) is 0 Å². The summed E-state index contributed by atoms with van der Waals surface area (Å²) < 4.78 is 0. The van der Waals surface area contributed by atoms with E-state index >= 15 is 0 Å². The average Bonchev–Trinajstić information content (AvgIpc) is 3.00. The van der Waals surface area contributed by atoms with Gasteiger partial charge in [0.2, 0.25) is 0 Å². The third-order valence-electron chi connectivity index (χ3n) is 4.35. The van der Waals surface area contributed by atoms with Crippen LogP contribution >= 0.6 is 0 Å². The summed E-state index contributed by atoms with van der Waals surface area (Å²) in [5.74, 6) is 0.888. The zero-order valence-corrected chi connectivity index (χ0v) is 13.0. The number of nitrogens with two attached hydrogens (primary N) is 1. The van der Waals surface area contributed by atoms with Crippen LogP contribution in [0, 0.1) is 0 Å². The molecule has 0 radical (unpaired) electrons. The predicted octanol–water partition coefficient (Wildman–Crippen LogP) is 2.22. The fourth-order valence-corrected chi connectivity index (χ4v) is 3.06. The number of nitrogen functional groups attached to an aromatic ring is 1. The summed E-state index contributed by atoms with van der Waals surface area (Å²) in [6, 6.07) is 14.3. The van der Waals surface area contributed by atoms with Crippen LogP contribution in [0.25, 0.3) is 22.4 Å². The molecular weight excluding hydrogens is 286 g/mol. The Morgan fingerprint density at radius 1 is 1.04 bits per heavy atom. The van der Waals surface area contributed by atoms with Crippen molar-refractivity contribution in [1.29, 1.82) is 0 Å². The maximum atomic E-state index is 5.75. The maximum Gasteiger partial charge on any atom is 0.138 e. The molecule has 4 rings (SSSR count). The van der Waals surface area contributed by atoms with E-state index in [1.54, 1.807) is 0 Å². The van der Waals surface area contributed by atoms with Gasteiger partial charge in [-0.25, -0.2) is 4.98 Å². The van der Waals surface area contributed by atoms with Crippen LogP contribution in [0.4, 0.5) is 5.69 Å². The summed E-state index contributed by atoms with van der Waals surface area (Å²) in [6.45, 7) is 5.37. The van der Waals surface area contributed by atoms with Crippen molar-refractivity contribution >= 4 is 16.7 Å². The number of hydrogen-bond acceptors (Lipinski definition) is 4. The van der Waals surface area contributed by atoms with Crippen molar-refractivity contribution in [3.8, 4) is 11.4 Å². The van der Waals surface area contributed by atoms with Crippen LogP contribution in [0.5, 0.6) is 0 Å². The Labute approximate surface area is 135 Å². The largest absolute Gasteiger partial charge is 0.399 e. The molecule has 0 saturated carbocycles. The molecule has 1 aliphatic rings. The number of nitrogens with one attached hydrogen (secondary N) is 2. The van der Waals surface area contributed by atoms with E-state index in [0.29, 0.717) is 0 Å². The molecule has 0 unspecified atom stereocenters. The van der Waals surface area contributed by atoms with Crippen LogP contribution in [-0.2, 0) is 6.54 Å². The molecule has 3 aromatic rings. The zero-order chi connectivity index (χ0) is 15.6. The number of anilines is 1. The normalized spacial score (nSPS) is 16.0. The second-order valence-electron chi connectivity index (χ2n) is 6.09. The van der Waals surface area contributed by atoms with Crippen LogP contribution in [0.3, 0.4) is 0 Å². The molecule has 0 aliphatic carbocycles. The minimum Gasteiger partial charge on any atom is -0.399 e. The van der Waals surface area contributed by atoms with Gasteiger partial charge in [-0.05, 0) is 42.0 Å². The standard InChI is InChI=1S/C18H21N5/c19-15-4-2-14(3-5-15)18-21-16-6-1-13(11-17(16)22-18)12-23-9-7-20-8-10-23/h1-6,11,20H,7-10,12,19H2,(H,21,22). The molecule has 5 heteroatoms. The average molecular weight is 307 g/mol. The number of H-pyrrole nitrogens is 1. The lowest BCUT2D eigenvalue weighted by molar-refractivity contribution is 0.233. The van der Waals surface area contributed by atoms with Crippen molar-refractivity contribution in [2.45, 2.75) is 6.54 Å². The summed E-state index contributed by atoms with van der Waals surface area (Å²) in [6.07, 6.45) is 0. The minimum absolute atomic E-state index is 0.767. The molecule has 0 spiro atoms. The van der Waals surface area contributed by atoms with Crippen LogP contribution < -0.4 is 11.1 Å². The van der Waals surface area contributed by atoms with Gasteiger partial charge in [-0.3, -0.25) is 4.90 Å². The molecule has 2 heterocycles. The third-order valence-corrected chi connectivity index (χ3v) is 4.35. The quantitative estimate of drug-likeness (QED) is 0.649. The van der Waals surface area contributed by atoms with E-state index in [0.717, 1.165) is 60.8 Å². The van der Waals surface area contributed by atoms with Gasteiger partial charge in [0.1, 0.15) is 5.82 Å². The van der Waals surface area contributed by atoms with Gasteiger partial charge in [0.15, 0.2) is 0 Å². The lowest BCUT2D eigenvalue weighted by atomic mass is 10.2. The SMILES string of the molecule is Nc1ccc(-c2nc3ccc(CN4CCNCC4)cc3[nH]2)cc1. The summed E-state index contributed by atoms with van der Waals surface area (Å²) in [5, 5.41) is 3.39. The number of aromatic nitrogens is 2. The number of rotatable bonds is 3. The van der Waals surface area contributed by atoms with Gasteiger partial charge in [-0.1, -0.05) is 6.07 Å². The van der Waals surface area contributed by atoms with Crippen molar-refractivity contribution in [1.82, 2.24) is 20.2 Å². The molecule has 0 bridgehead atoms. The fourth-order valence-electron chi connectivity index (χ4n) is 3.06. The summed E-state index contributed by atoms with van der Waals surface area (Å²) in [7, 11) is 0. The molecule has 1 aromatic heterocycles. The maximum absolute atomic E-state index is 5.75. The first kappa shape index (κ1) is 14.2. The third kappa shape index (κ3) is 3.06. The van der Waals surface area contributed by atoms with Gasteiger partial charge < -0.3 is 16.0 Å². The summed E-state index contributed by atoms with van der Waals surface area (Å²) in [4.78, 5) is 10.6. The highest BCUT2D eigenvalue weighted by molar-refractivity contribution is 5.80. The Morgan fingerprint density at radius 2 is 1.83 bits per heavy atom. The number of hydrogen-bond donors (Lipinski definition) is 3. The highest BCUT2D eigenvalue weighted by atomic mass is 15.2. The summed E-state index contributed by atoms with van der Waals surface area (Å²) in [5.41, 5.74) is 11.0. The molecule has 0 atom stereocenters. The lowest BCUT2D eigenvalue weighted by Gasteiger charge is -2.27. The Kier molecular flexibility index (Phi) is 3.73. The van der Waals surface area contributed by atoms with Crippen molar-refractivity contribution in [3.63, 3.8) is 0 Å². The van der Waals surface area contributed by atoms with Crippen LogP contribution in [-0.4, -0.2) is 41.0 Å². The molecule has 4 N–H and O–H groups in total. The number of aromatic amines is 1. The van der Waals surface area contributed by atoms with Crippen molar-refractivity contribution in [3.05, 3.63) is 48.0 Å².